The van der Waals surface area contributed by atoms with Crippen LogP contribution in [0.1, 0.15) is 51.9 Å². The predicted octanol–water partition coefficient (Wildman–Crippen LogP) is 2.42. The number of carbonyl (C=O) groups excluding carboxylic acids is 1. The minimum absolute atomic E-state index is 0.0344. The fourth-order valence-electron chi connectivity index (χ4n) is 6.25. The molecule has 156 valence electrons. The van der Waals surface area contributed by atoms with Gasteiger partial charge in [0.25, 0.3) is 0 Å². The Morgan fingerprint density at radius 1 is 1.32 bits per heavy atom. The first-order chi connectivity index (χ1) is 13.5. The Hall–Kier alpha value is -1.28. The number of carbonyl (C=O) groups is 1. The van der Waals surface area contributed by atoms with Crippen LogP contribution in [0.2, 0.25) is 0 Å². The zero-order chi connectivity index (χ0) is 19.7. The van der Waals surface area contributed by atoms with E-state index in [1.54, 1.807) is 11.7 Å². The number of ether oxygens (including phenoxy) is 1. The first kappa shape index (κ1) is 20.0. The third-order valence-electron chi connectivity index (χ3n) is 7.17. The summed E-state index contributed by atoms with van der Waals surface area (Å²) in [5.41, 5.74) is 0.0740. The van der Waals surface area contributed by atoms with Crippen LogP contribution in [0.5, 0.6) is 0 Å². The van der Waals surface area contributed by atoms with E-state index in [1.165, 1.54) is 50.3 Å². The van der Waals surface area contributed by atoms with E-state index in [4.69, 9.17) is 4.74 Å². The summed E-state index contributed by atoms with van der Waals surface area (Å²) in [6, 6.07) is 0.220. The van der Waals surface area contributed by atoms with Crippen LogP contribution in [0.3, 0.4) is 0 Å². The molecule has 8 heteroatoms. The molecule has 1 heterocycles. The Morgan fingerprint density at radius 2 is 1.96 bits per heavy atom. The van der Waals surface area contributed by atoms with E-state index >= 15 is 0 Å². The van der Waals surface area contributed by atoms with Gasteiger partial charge in [0.1, 0.15) is 0 Å². The number of hydrogen-bond donors (Lipinski definition) is 2. The van der Waals surface area contributed by atoms with Crippen molar-refractivity contribution in [3.63, 3.8) is 0 Å². The molecule has 7 nitrogen and oxygen atoms in total. The molecule has 1 aromatic heterocycles. The molecule has 0 saturated heterocycles. The van der Waals surface area contributed by atoms with Gasteiger partial charge < -0.3 is 10.1 Å². The highest BCUT2D eigenvalue weighted by atomic mass is 32.2. The summed E-state index contributed by atoms with van der Waals surface area (Å²) in [6.07, 6.45) is 8.82. The van der Waals surface area contributed by atoms with E-state index in [0.29, 0.717) is 23.7 Å². The molecule has 4 fully saturated rings. The lowest BCUT2D eigenvalue weighted by molar-refractivity contribution is -0.123. The molecule has 4 bridgehead atoms. The molecule has 0 radical (unpaired) electrons. The number of nitrogens with one attached hydrogen (secondary N) is 2. The lowest BCUT2D eigenvalue weighted by atomic mass is 9.48. The average molecular weight is 409 g/mol. The van der Waals surface area contributed by atoms with Crippen LogP contribution in [-0.4, -0.2) is 46.2 Å². The SMILES string of the molecule is COCCCn1c(SCC(=O)N[C@H](C)C23CC4CC(CC(C4)C2)C3)n[nH]c1=O. The highest BCUT2D eigenvalue weighted by Crippen LogP contribution is 2.61. The second kappa shape index (κ2) is 8.22. The summed E-state index contributed by atoms with van der Waals surface area (Å²) in [7, 11) is 1.64. The van der Waals surface area contributed by atoms with E-state index in [-0.39, 0.29) is 23.4 Å². The molecule has 4 aliphatic carbocycles. The summed E-state index contributed by atoms with van der Waals surface area (Å²) < 4.78 is 6.63. The predicted molar refractivity (Wildman–Crippen MR) is 108 cm³/mol. The van der Waals surface area contributed by atoms with E-state index in [9.17, 15) is 9.59 Å². The van der Waals surface area contributed by atoms with Gasteiger partial charge in [-0.15, -0.1) is 5.10 Å². The first-order valence-electron chi connectivity index (χ1n) is 10.6. The standard InChI is InChI=1S/C20H32N4O3S/c1-13(20-9-14-6-15(10-20)8-16(7-14)11-20)21-17(25)12-28-19-23-22-18(26)24(19)4-3-5-27-2/h13-16H,3-12H2,1-2H3,(H,21,25)(H,22,26)/t13-,14?,15?,16?,20?/m1/s1. The monoisotopic (exact) mass is 408 g/mol. The second-order valence-electron chi connectivity index (χ2n) is 9.17. The Kier molecular flexibility index (Phi) is 5.88. The van der Waals surface area contributed by atoms with Crippen molar-refractivity contribution in [1.82, 2.24) is 20.1 Å². The maximum Gasteiger partial charge on any atom is 0.343 e. The summed E-state index contributed by atoms with van der Waals surface area (Å²) >= 11 is 1.32. The average Bonchev–Trinajstić information content (AvgIpc) is 2.99. The topological polar surface area (TPSA) is 89.0 Å². The number of thioether (sulfide) groups is 1. The molecule has 0 aliphatic heterocycles. The minimum atomic E-state index is -0.235. The number of amides is 1. The smallest absolute Gasteiger partial charge is 0.343 e. The third-order valence-corrected chi connectivity index (χ3v) is 8.14. The summed E-state index contributed by atoms with van der Waals surface area (Å²) in [6.45, 7) is 3.33. The number of rotatable bonds is 9. The quantitative estimate of drug-likeness (QED) is 0.484. The van der Waals surface area contributed by atoms with Gasteiger partial charge in [-0.05, 0) is 75.0 Å². The molecular formula is C20H32N4O3S. The molecule has 0 aromatic carbocycles. The van der Waals surface area contributed by atoms with Crippen LogP contribution in [0.25, 0.3) is 0 Å². The fourth-order valence-corrected chi connectivity index (χ4v) is 7.04. The highest BCUT2D eigenvalue weighted by Gasteiger charge is 2.53. The Morgan fingerprint density at radius 3 is 2.57 bits per heavy atom. The minimum Gasteiger partial charge on any atom is -0.385 e. The van der Waals surface area contributed by atoms with Crippen molar-refractivity contribution in [2.24, 2.45) is 23.2 Å². The summed E-state index contributed by atoms with van der Waals surface area (Å²) in [5.74, 6) is 2.96. The lowest BCUT2D eigenvalue weighted by Crippen LogP contribution is -2.56. The van der Waals surface area contributed by atoms with Gasteiger partial charge in [-0.25, -0.2) is 9.89 Å². The van der Waals surface area contributed by atoms with Gasteiger partial charge in [-0.3, -0.25) is 9.36 Å². The van der Waals surface area contributed by atoms with E-state index in [0.717, 1.165) is 24.2 Å². The summed E-state index contributed by atoms with van der Waals surface area (Å²) in [4.78, 5) is 24.5. The van der Waals surface area contributed by atoms with Crippen molar-refractivity contribution in [2.45, 2.75) is 69.6 Å². The molecule has 1 atom stereocenters. The van der Waals surface area contributed by atoms with Gasteiger partial charge in [0.2, 0.25) is 5.91 Å². The van der Waals surface area contributed by atoms with Crippen molar-refractivity contribution in [3.05, 3.63) is 10.5 Å². The van der Waals surface area contributed by atoms with Gasteiger partial charge in [-0.1, -0.05) is 11.8 Å². The molecule has 2 N–H and O–H groups in total. The molecular weight excluding hydrogens is 376 g/mol. The van der Waals surface area contributed by atoms with Gasteiger partial charge in [0, 0.05) is 26.3 Å². The zero-order valence-corrected chi connectivity index (χ0v) is 17.7. The van der Waals surface area contributed by atoms with Crippen molar-refractivity contribution in [1.29, 1.82) is 0 Å². The van der Waals surface area contributed by atoms with Gasteiger partial charge >= 0.3 is 5.69 Å². The van der Waals surface area contributed by atoms with Crippen LogP contribution < -0.4 is 11.0 Å². The van der Waals surface area contributed by atoms with E-state index in [2.05, 4.69) is 22.4 Å². The molecule has 4 aliphatic rings. The number of aromatic amines is 1. The molecule has 28 heavy (non-hydrogen) atoms. The molecule has 5 rings (SSSR count). The number of methoxy groups -OCH3 is 1. The van der Waals surface area contributed by atoms with Crippen molar-refractivity contribution < 1.29 is 9.53 Å². The van der Waals surface area contributed by atoms with Gasteiger partial charge in [0.15, 0.2) is 5.16 Å². The van der Waals surface area contributed by atoms with E-state index in [1.807, 2.05) is 0 Å². The van der Waals surface area contributed by atoms with Crippen molar-refractivity contribution >= 4 is 17.7 Å². The lowest BCUT2D eigenvalue weighted by Gasteiger charge is -2.59. The van der Waals surface area contributed by atoms with Gasteiger partial charge in [0.05, 0.1) is 5.75 Å². The van der Waals surface area contributed by atoms with Crippen LogP contribution in [-0.2, 0) is 16.1 Å². The Balaban J connectivity index is 1.31. The Labute approximate surface area is 170 Å². The molecule has 0 unspecified atom stereocenters. The number of hydrogen-bond acceptors (Lipinski definition) is 5. The molecule has 4 saturated carbocycles. The maximum atomic E-state index is 12.6. The van der Waals surface area contributed by atoms with E-state index < -0.39 is 0 Å². The zero-order valence-electron chi connectivity index (χ0n) is 16.9. The Bertz CT molecular complexity index is 724. The number of aromatic nitrogens is 3. The van der Waals surface area contributed by atoms with Crippen LogP contribution in [0.15, 0.2) is 9.95 Å². The van der Waals surface area contributed by atoms with Crippen molar-refractivity contribution in [3.8, 4) is 0 Å². The summed E-state index contributed by atoms with van der Waals surface area (Å²) in [5, 5.41) is 10.4. The second-order valence-corrected chi connectivity index (χ2v) is 10.1. The molecule has 0 spiro atoms. The van der Waals surface area contributed by atoms with Crippen LogP contribution >= 0.6 is 11.8 Å². The molecule has 1 amide bonds. The van der Waals surface area contributed by atoms with Crippen LogP contribution in [0.4, 0.5) is 0 Å². The fraction of sp³-hybridized carbons (Fsp3) is 0.850. The van der Waals surface area contributed by atoms with Gasteiger partial charge in [-0.2, -0.15) is 0 Å². The largest absolute Gasteiger partial charge is 0.385 e. The first-order valence-corrected chi connectivity index (χ1v) is 11.5. The molecule has 1 aromatic rings. The normalized spacial score (nSPS) is 31.9. The van der Waals surface area contributed by atoms with Crippen LogP contribution in [0, 0.1) is 23.2 Å². The number of nitrogens with zero attached hydrogens (tertiary/aromatic N) is 2. The third kappa shape index (κ3) is 4.03. The van der Waals surface area contributed by atoms with Crippen molar-refractivity contribution in [2.75, 3.05) is 19.5 Å². The number of H-pyrrole nitrogens is 1. The maximum absolute atomic E-state index is 12.6. The highest BCUT2D eigenvalue weighted by molar-refractivity contribution is 7.99.